The number of benzene rings is 1. The second-order valence-electron chi connectivity index (χ2n) is 4.33. The molecule has 4 N–H and O–H groups in total. The van der Waals surface area contributed by atoms with Crippen molar-refractivity contribution in [2.24, 2.45) is 0 Å². The highest BCUT2D eigenvalue weighted by atomic mass is 35.5. The maximum atomic E-state index is 10.8. The Morgan fingerprint density at radius 2 is 2.10 bits per heavy atom. The van der Waals surface area contributed by atoms with Crippen LogP contribution in [0.3, 0.4) is 0 Å². The number of aliphatic hydroxyl groups is 3. The summed E-state index contributed by atoms with van der Waals surface area (Å²) >= 11 is 5.68. The van der Waals surface area contributed by atoms with Crippen molar-refractivity contribution in [2.45, 2.75) is 24.5 Å². The van der Waals surface area contributed by atoms with Crippen LogP contribution < -0.4 is 5.32 Å². The van der Waals surface area contributed by atoms with E-state index in [9.17, 15) is 20.3 Å². The van der Waals surface area contributed by atoms with Crippen molar-refractivity contribution in [3.05, 3.63) is 33.3 Å². The number of nitrogens with one attached hydrogen (secondary N) is 1. The minimum atomic E-state index is -1.26. The zero-order valence-corrected chi connectivity index (χ0v) is 10.9. The van der Waals surface area contributed by atoms with Crippen molar-refractivity contribution in [1.29, 1.82) is 0 Å². The lowest BCUT2D eigenvalue weighted by molar-refractivity contribution is -0.384. The molecule has 1 aromatic rings. The normalized spacial score (nSPS) is 29.4. The van der Waals surface area contributed by atoms with Gasteiger partial charge in [-0.2, -0.15) is 0 Å². The summed E-state index contributed by atoms with van der Waals surface area (Å²) in [5.41, 5.74) is 0.0133. The van der Waals surface area contributed by atoms with Crippen LogP contribution in [-0.2, 0) is 4.74 Å². The standard InChI is InChI=1S/C11H13ClN2O6/c12-6-2-1-5(3-7(6)14(18)19)13-11-10(17)9(16)8(4-15)20-11/h1-3,8-11,13,15-17H,4H2/t8-,9+,10-,11-/m0/s1. The van der Waals surface area contributed by atoms with Crippen LogP contribution in [0.1, 0.15) is 0 Å². The number of hydrogen-bond acceptors (Lipinski definition) is 7. The molecule has 110 valence electrons. The molecule has 4 atom stereocenters. The first-order chi connectivity index (χ1) is 9.43. The van der Waals surface area contributed by atoms with Crippen LogP contribution in [-0.4, -0.2) is 51.4 Å². The van der Waals surface area contributed by atoms with Crippen molar-refractivity contribution < 1.29 is 25.0 Å². The van der Waals surface area contributed by atoms with E-state index in [2.05, 4.69) is 5.32 Å². The first-order valence-electron chi connectivity index (χ1n) is 5.77. The third-order valence-electron chi connectivity index (χ3n) is 2.99. The first-order valence-corrected chi connectivity index (χ1v) is 6.14. The SMILES string of the molecule is O=[N+]([O-])c1cc(N[C@H]2O[C@@H](CO)[C@@H](O)[C@@H]2O)ccc1Cl. The average molecular weight is 305 g/mol. The van der Waals surface area contributed by atoms with Crippen molar-refractivity contribution in [3.8, 4) is 0 Å². The molecule has 1 saturated heterocycles. The largest absolute Gasteiger partial charge is 0.394 e. The highest BCUT2D eigenvalue weighted by Crippen LogP contribution is 2.29. The van der Waals surface area contributed by atoms with Crippen LogP contribution in [0.2, 0.25) is 5.02 Å². The Morgan fingerprint density at radius 3 is 2.65 bits per heavy atom. The highest BCUT2D eigenvalue weighted by molar-refractivity contribution is 6.32. The van der Waals surface area contributed by atoms with Gasteiger partial charge in [0.2, 0.25) is 0 Å². The number of halogens is 1. The molecule has 1 heterocycles. The van der Waals surface area contributed by atoms with Gasteiger partial charge in [0.15, 0.2) is 6.23 Å². The van der Waals surface area contributed by atoms with Gasteiger partial charge in [0.1, 0.15) is 23.3 Å². The molecule has 0 aliphatic carbocycles. The van der Waals surface area contributed by atoms with Gasteiger partial charge < -0.3 is 25.4 Å². The minimum Gasteiger partial charge on any atom is -0.394 e. The topological polar surface area (TPSA) is 125 Å². The van der Waals surface area contributed by atoms with E-state index in [1.54, 1.807) is 0 Å². The molecule has 0 saturated carbocycles. The van der Waals surface area contributed by atoms with Crippen molar-refractivity contribution in [3.63, 3.8) is 0 Å². The lowest BCUT2D eigenvalue weighted by Gasteiger charge is -2.17. The predicted molar refractivity (Wildman–Crippen MR) is 69.5 cm³/mol. The van der Waals surface area contributed by atoms with Crippen LogP contribution in [0.25, 0.3) is 0 Å². The highest BCUT2D eigenvalue weighted by Gasteiger charge is 2.42. The van der Waals surface area contributed by atoms with Gasteiger partial charge in [-0.3, -0.25) is 10.1 Å². The molecule has 0 unspecified atom stereocenters. The molecule has 0 spiro atoms. The van der Waals surface area contributed by atoms with Gasteiger partial charge in [-0.1, -0.05) is 11.6 Å². The fourth-order valence-electron chi connectivity index (χ4n) is 1.93. The summed E-state index contributed by atoms with van der Waals surface area (Å²) in [6.07, 6.45) is -4.39. The molecule has 0 aromatic heterocycles. The zero-order chi connectivity index (χ0) is 14.9. The number of nitro groups is 1. The lowest BCUT2D eigenvalue weighted by atomic mass is 10.1. The quantitative estimate of drug-likeness (QED) is 0.459. The van der Waals surface area contributed by atoms with Gasteiger partial charge >= 0.3 is 0 Å². The van der Waals surface area contributed by atoms with Crippen molar-refractivity contribution in [1.82, 2.24) is 0 Å². The second kappa shape index (κ2) is 5.90. The molecule has 1 aliphatic rings. The smallest absolute Gasteiger partial charge is 0.289 e. The van der Waals surface area contributed by atoms with E-state index in [1.807, 2.05) is 0 Å². The number of nitrogens with zero attached hydrogens (tertiary/aromatic N) is 1. The van der Waals surface area contributed by atoms with Crippen LogP contribution >= 0.6 is 11.6 Å². The zero-order valence-electron chi connectivity index (χ0n) is 10.1. The molecule has 1 fully saturated rings. The van der Waals surface area contributed by atoms with Gasteiger partial charge in [-0.25, -0.2) is 0 Å². The average Bonchev–Trinajstić information content (AvgIpc) is 2.68. The Bertz CT molecular complexity index is 514. The first kappa shape index (κ1) is 14.9. The van der Waals surface area contributed by atoms with Gasteiger partial charge in [0.05, 0.1) is 11.5 Å². The molecule has 8 nitrogen and oxygen atoms in total. The van der Waals surface area contributed by atoms with Crippen LogP contribution in [0.4, 0.5) is 11.4 Å². The summed E-state index contributed by atoms with van der Waals surface area (Å²) in [6.45, 7) is -0.447. The fourth-order valence-corrected chi connectivity index (χ4v) is 2.11. The second-order valence-corrected chi connectivity index (χ2v) is 4.73. The number of hydrogen-bond donors (Lipinski definition) is 4. The van der Waals surface area contributed by atoms with E-state index in [0.717, 1.165) is 0 Å². The molecule has 1 aromatic carbocycles. The minimum absolute atomic E-state index is 0.0123. The number of ether oxygens (including phenoxy) is 1. The Hall–Kier alpha value is -1.45. The monoisotopic (exact) mass is 304 g/mol. The van der Waals surface area contributed by atoms with Gasteiger partial charge in [-0.15, -0.1) is 0 Å². The maximum Gasteiger partial charge on any atom is 0.289 e. The molecule has 0 bridgehead atoms. The van der Waals surface area contributed by atoms with Crippen LogP contribution in [0.15, 0.2) is 18.2 Å². The molecule has 20 heavy (non-hydrogen) atoms. The molecule has 0 radical (unpaired) electrons. The van der Waals surface area contributed by atoms with E-state index in [1.165, 1.54) is 18.2 Å². The number of rotatable bonds is 4. The Labute approximate surface area is 118 Å². The van der Waals surface area contributed by atoms with Crippen LogP contribution in [0, 0.1) is 10.1 Å². The van der Waals surface area contributed by atoms with E-state index < -0.39 is 36.1 Å². The number of anilines is 1. The van der Waals surface area contributed by atoms with Gasteiger partial charge in [0, 0.05) is 11.8 Å². The van der Waals surface area contributed by atoms with Gasteiger partial charge in [0.25, 0.3) is 5.69 Å². The summed E-state index contributed by atoms with van der Waals surface area (Å²) in [5, 5.41) is 41.7. The van der Waals surface area contributed by atoms with Crippen molar-refractivity contribution >= 4 is 23.0 Å². The van der Waals surface area contributed by atoms with E-state index in [0.29, 0.717) is 5.69 Å². The number of aliphatic hydroxyl groups excluding tert-OH is 3. The third kappa shape index (κ3) is 2.84. The van der Waals surface area contributed by atoms with E-state index >= 15 is 0 Å². The molecule has 1 aliphatic heterocycles. The summed E-state index contributed by atoms with van der Waals surface area (Å²) in [4.78, 5) is 10.1. The summed E-state index contributed by atoms with van der Waals surface area (Å²) < 4.78 is 5.21. The molecular formula is C11H13ClN2O6. The molecule has 2 rings (SSSR count). The Morgan fingerprint density at radius 1 is 1.40 bits per heavy atom. The third-order valence-corrected chi connectivity index (χ3v) is 3.31. The van der Waals surface area contributed by atoms with Gasteiger partial charge in [-0.05, 0) is 12.1 Å². The van der Waals surface area contributed by atoms with E-state index in [4.69, 9.17) is 21.4 Å². The summed E-state index contributed by atoms with van der Waals surface area (Å²) in [6, 6.07) is 4.00. The molecule has 9 heteroatoms. The predicted octanol–water partition coefficient (Wildman–Crippen LogP) is 0.0991. The summed E-state index contributed by atoms with van der Waals surface area (Å²) in [7, 11) is 0. The Balaban J connectivity index is 2.15. The fraction of sp³-hybridized carbons (Fsp3) is 0.455. The van der Waals surface area contributed by atoms with E-state index in [-0.39, 0.29) is 10.7 Å². The van der Waals surface area contributed by atoms with Crippen LogP contribution in [0.5, 0.6) is 0 Å². The summed E-state index contributed by atoms with van der Waals surface area (Å²) in [5.74, 6) is 0. The number of nitro benzene ring substituents is 1. The lowest BCUT2D eigenvalue weighted by Crippen LogP contribution is -2.36. The van der Waals surface area contributed by atoms with Crippen molar-refractivity contribution in [2.75, 3.05) is 11.9 Å². The molecule has 0 amide bonds. The molecular weight excluding hydrogens is 292 g/mol. The maximum absolute atomic E-state index is 10.8. The Kier molecular flexibility index (Phi) is 4.41.